The van der Waals surface area contributed by atoms with Gasteiger partial charge in [0.25, 0.3) is 0 Å². The summed E-state index contributed by atoms with van der Waals surface area (Å²) in [6.07, 6.45) is 0.725. The molecule has 0 fully saturated rings. The number of thiocarbonyl (C=S) groups is 1. The van der Waals surface area contributed by atoms with Gasteiger partial charge in [0.1, 0.15) is 11.4 Å². The van der Waals surface area contributed by atoms with Crippen molar-refractivity contribution in [1.82, 2.24) is 5.32 Å². The van der Waals surface area contributed by atoms with Crippen LogP contribution < -0.4 is 15.4 Å². The molecule has 3 rings (SSSR count). The molecule has 1 aliphatic rings. The van der Waals surface area contributed by atoms with E-state index in [-0.39, 0.29) is 11.6 Å². The fourth-order valence-electron chi connectivity index (χ4n) is 3.00. The number of halogens is 2. The molecule has 0 saturated heterocycles. The van der Waals surface area contributed by atoms with Crippen molar-refractivity contribution in [2.24, 2.45) is 0 Å². The Balaban J connectivity index is 1.78. The molecule has 0 radical (unpaired) electrons. The first-order chi connectivity index (χ1) is 11.7. The summed E-state index contributed by atoms with van der Waals surface area (Å²) in [5.41, 5.74) is 2.23. The normalized spacial score (nSPS) is 18.0. The Labute approximate surface area is 151 Å². The Hall–Kier alpha value is -2.21. The molecule has 2 aromatic rings. The molecule has 132 valence electrons. The zero-order chi connectivity index (χ0) is 18.2. The monoisotopic (exact) mass is 362 g/mol. The van der Waals surface area contributed by atoms with Crippen LogP contribution in [0.5, 0.6) is 5.75 Å². The average molecular weight is 362 g/mol. The smallest absolute Gasteiger partial charge is 0.171 e. The molecule has 0 amide bonds. The maximum absolute atomic E-state index is 13.3. The summed E-state index contributed by atoms with van der Waals surface area (Å²) in [5.74, 6) is -0.976. The van der Waals surface area contributed by atoms with Crippen LogP contribution in [0.4, 0.5) is 14.5 Å². The van der Waals surface area contributed by atoms with Crippen molar-refractivity contribution in [3.63, 3.8) is 0 Å². The number of hydrogen-bond acceptors (Lipinski definition) is 2. The molecule has 25 heavy (non-hydrogen) atoms. The lowest BCUT2D eigenvalue weighted by molar-refractivity contribution is 0.0696. The highest BCUT2D eigenvalue weighted by molar-refractivity contribution is 7.80. The van der Waals surface area contributed by atoms with Gasteiger partial charge in [0, 0.05) is 23.7 Å². The highest BCUT2D eigenvalue weighted by Crippen LogP contribution is 2.39. The first kappa shape index (κ1) is 17.6. The molecular weight excluding hydrogens is 342 g/mol. The summed E-state index contributed by atoms with van der Waals surface area (Å²) in [6, 6.07) is 9.59. The Bertz CT molecular complexity index is 823. The maximum atomic E-state index is 13.3. The van der Waals surface area contributed by atoms with Gasteiger partial charge in [-0.15, -0.1) is 0 Å². The summed E-state index contributed by atoms with van der Waals surface area (Å²) in [7, 11) is 0. The summed E-state index contributed by atoms with van der Waals surface area (Å²) in [5, 5.41) is 6.52. The van der Waals surface area contributed by atoms with Gasteiger partial charge in [-0.1, -0.05) is 17.7 Å². The Morgan fingerprint density at radius 3 is 2.64 bits per heavy atom. The molecule has 1 aliphatic heterocycles. The predicted molar refractivity (Wildman–Crippen MR) is 99.0 cm³/mol. The summed E-state index contributed by atoms with van der Waals surface area (Å²) < 4.78 is 32.4. The van der Waals surface area contributed by atoms with E-state index in [1.807, 2.05) is 32.9 Å². The van der Waals surface area contributed by atoms with E-state index < -0.39 is 11.6 Å². The second-order valence-electron chi connectivity index (χ2n) is 6.89. The minimum absolute atomic E-state index is 0.0380. The van der Waals surface area contributed by atoms with Crippen molar-refractivity contribution in [1.29, 1.82) is 0 Å². The fourth-order valence-corrected chi connectivity index (χ4v) is 3.26. The third-order valence-electron chi connectivity index (χ3n) is 4.11. The maximum Gasteiger partial charge on any atom is 0.171 e. The molecule has 0 saturated carbocycles. The van der Waals surface area contributed by atoms with Gasteiger partial charge in [-0.3, -0.25) is 0 Å². The minimum Gasteiger partial charge on any atom is -0.487 e. The van der Waals surface area contributed by atoms with Gasteiger partial charge < -0.3 is 15.4 Å². The molecular formula is C19H20F2N2OS. The number of anilines is 1. The molecule has 0 unspecified atom stereocenters. The van der Waals surface area contributed by atoms with Crippen molar-refractivity contribution in [2.45, 2.75) is 38.8 Å². The molecule has 2 N–H and O–H groups in total. The molecule has 0 aliphatic carbocycles. The molecule has 2 aromatic carbocycles. The highest BCUT2D eigenvalue weighted by atomic mass is 32.1. The number of benzene rings is 2. The second kappa shape index (κ2) is 6.59. The number of aryl methyl sites for hydroxylation is 1. The second-order valence-corrected chi connectivity index (χ2v) is 7.30. The van der Waals surface area contributed by atoms with Gasteiger partial charge in [-0.2, -0.15) is 0 Å². The van der Waals surface area contributed by atoms with E-state index >= 15 is 0 Å². The van der Waals surface area contributed by atoms with Gasteiger partial charge in [0.2, 0.25) is 0 Å². The largest absolute Gasteiger partial charge is 0.487 e. The summed E-state index contributed by atoms with van der Waals surface area (Å²) in [4.78, 5) is 0. The van der Waals surface area contributed by atoms with Crippen LogP contribution in [0.2, 0.25) is 0 Å². The van der Waals surface area contributed by atoms with Gasteiger partial charge in [0.15, 0.2) is 16.7 Å². The lowest BCUT2D eigenvalue weighted by atomic mass is 9.89. The van der Waals surface area contributed by atoms with Crippen LogP contribution in [-0.4, -0.2) is 10.7 Å². The zero-order valence-corrected chi connectivity index (χ0v) is 15.1. The van der Waals surface area contributed by atoms with Crippen molar-refractivity contribution in [3.8, 4) is 5.75 Å². The molecule has 3 nitrogen and oxygen atoms in total. The third kappa shape index (κ3) is 4.07. The fraction of sp³-hybridized carbons (Fsp3) is 0.316. The van der Waals surface area contributed by atoms with Crippen molar-refractivity contribution >= 4 is 23.0 Å². The van der Waals surface area contributed by atoms with Crippen molar-refractivity contribution in [3.05, 3.63) is 59.2 Å². The highest BCUT2D eigenvalue weighted by Gasteiger charge is 2.34. The van der Waals surface area contributed by atoms with Crippen LogP contribution in [0.25, 0.3) is 0 Å². The molecule has 1 heterocycles. The number of ether oxygens (including phenoxy) is 1. The van der Waals surface area contributed by atoms with Crippen LogP contribution in [0.15, 0.2) is 36.4 Å². The van der Waals surface area contributed by atoms with E-state index in [1.165, 1.54) is 6.07 Å². The summed E-state index contributed by atoms with van der Waals surface area (Å²) >= 11 is 5.35. The first-order valence-corrected chi connectivity index (χ1v) is 8.46. The number of fused-ring (bicyclic) bond motifs is 1. The zero-order valence-electron chi connectivity index (χ0n) is 14.3. The standard InChI is InChI=1S/C19H20F2N2OS/c1-11-4-7-17-13(8-11)16(10-19(2,3)24-17)23-18(25)22-12-5-6-14(20)15(21)9-12/h4-9,16H,10H2,1-3H3,(H2,22,23,25)/t16-/m0/s1. The van der Waals surface area contributed by atoms with E-state index in [1.54, 1.807) is 0 Å². The topological polar surface area (TPSA) is 33.3 Å². The lowest BCUT2D eigenvalue weighted by Crippen LogP contribution is -2.42. The van der Waals surface area contributed by atoms with Crippen molar-refractivity contribution in [2.75, 3.05) is 5.32 Å². The van der Waals surface area contributed by atoms with E-state index in [9.17, 15) is 8.78 Å². The van der Waals surface area contributed by atoms with Crippen LogP contribution in [-0.2, 0) is 0 Å². The minimum atomic E-state index is -0.916. The first-order valence-electron chi connectivity index (χ1n) is 8.06. The van der Waals surface area contributed by atoms with Gasteiger partial charge in [-0.05, 0) is 51.2 Å². The predicted octanol–water partition coefficient (Wildman–Crippen LogP) is 4.86. The van der Waals surface area contributed by atoms with Crippen LogP contribution >= 0.6 is 12.2 Å². The quantitative estimate of drug-likeness (QED) is 0.748. The molecule has 0 bridgehead atoms. The van der Waals surface area contributed by atoms with Crippen molar-refractivity contribution < 1.29 is 13.5 Å². The Morgan fingerprint density at radius 1 is 1.16 bits per heavy atom. The van der Waals surface area contributed by atoms with Crippen LogP contribution in [0.1, 0.15) is 37.4 Å². The summed E-state index contributed by atoms with van der Waals surface area (Å²) in [6.45, 7) is 6.07. The average Bonchev–Trinajstić information content (AvgIpc) is 2.51. The number of nitrogens with one attached hydrogen (secondary N) is 2. The van der Waals surface area contributed by atoms with Gasteiger partial charge in [-0.25, -0.2) is 8.78 Å². The SMILES string of the molecule is Cc1ccc2c(c1)[C@@H](NC(=S)Nc1ccc(F)c(F)c1)CC(C)(C)O2. The molecule has 1 atom stereocenters. The van der Waals surface area contributed by atoms with Crippen LogP contribution in [0, 0.1) is 18.6 Å². The van der Waals surface area contributed by atoms with E-state index in [0.29, 0.717) is 10.8 Å². The molecule has 0 aromatic heterocycles. The third-order valence-corrected chi connectivity index (χ3v) is 4.33. The van der Waals surface area contributed by atoms with E-state index in [4.69, 9.17) is 17.0 Å². The van der Waals surface area contributed by atoms with E-state index in [0.717, 1.165) is 35.4 Å². The molecule has 6 heteroatoms. The number of rotatable bonds is 2. The van der Waals surface area contributed by atoms with Gasteiger partial charge in [0.05, 0.1) is 6.04 Å². The Kier molecular flexibility index (Phi) is 4.64. The van der Waals surface area contributed by atoms with Crippen LogP contribution in [0.3, 0.4) is 0 Å². The van der Waals surface area contributed by atoms with Gasteiger partial charge >= 0.3 is 0 Å². The lowest BCUT2D eigenvalue weighted by Gasteiger charge is -2.38. The van der Waals surface area contributed by atoms with E-state index in [2.05, 4.69) is 16.7 Å². The Morgan fingerprint density at radius 2 is 1.92 bits per heavy atom. The molecule has 0 spiro atoms. The number of hydrogen-bond donors (Lipinski definition) is 2.